The Balaban J connectivity index is 1.22. The number of hydrogen-bond acceptors (Lipinski definition) is 5. The highest BCUT2D eigenvalue weighted by Crippen LogP contribution is 2.38. The van der Waals surface area contributed by atoms with Gasteiger partial charge in [-0.3, -0.25) is 14.6 Å². The molecule has 4 N–H and O–H groups in total. The Kier molecular flexibility index (Phi) is 6.21. The summed E-state index contributed by atoms with van der Waals surface area (Å²) in [5.74, 6) is -1.19. The van der Waals surface area contributed by atoms with Crippen molar-refractivity contribution in [3.63, 3.8) is 0 Å². The van der Waals surface area contributed by atoms with Gasteiger partial charge in [-0.15, -0.1) is 0 Å². The van der Waals surface area contributed by atoms with Crippen molar-refractivity contribution in [1.82, 2.24) is 15.6 Å². The number of nitrogens with zero attached hydrogens (tertiary/aromatic N) is 2. The number of rotatable bonds is 6. The number of fused-ring (bicyclic) bond motifs is 2. The topological polar surface area (TPSA) is 109 Å². The number of nitrogens with two attached hydrogens (primary N) is 1. The van der Waals surface area contributed by atoms with Crippen LogP contribution in [0.1, 0.15) is 28.9 Å². The molecule has 0 saturated carbocycles. The van der Waals surface area contributed by atoms with Gasteiger partial charge in [0, 0.05) is 64.9 Å². The highest BCUT2D eigenvalue weighted by molar-refractivity contribution is 6.43. The van der Waals surface area contributed by atoms with Crippen LogP contribution in [-0.2, 0) is 11.2 Å². The average molecular weight is 492 g/mol. The largest absolute Gasteiger partial charge is 0.364 e. The lowest BCUT2D eigenvalue weighted by molar-refractivity contribution is -0.111. The highest BCUT2D eigenvalue weighted by atomic mass is 35.5. The van der Waals surface area contributed by atoms with Crippen molar-refractivity contribution in [3.8, 4) is 0 Å². The maximum absolute atomic E-state index is 14.5. The van der Waals surface area contributed by atoms with Crippen molar-refractivity contribution in [1.29, 1.82) is 0 Å². The molecule has 0 bridgehead atoms. The number of hydrogen-bond donors (Lipinski definition) is 3. The monoisotopic (exact) mass is 491 g/mol. The third kappa shape index (κ3) is 4.88. The summed E-state index contributed by atoms with van der Waals surface area (Å²) in [6.45, 7) is 0.104. The van der Waals surface area contributed by atoms with Crippen LogP contribution in [0.15, 0.2) is 93.3 Å². The first-order valence-electron chi connectivity index (χ1n) is 11.3. The van der Waals surface area contributed by atoms with Crippen LogP contribution in [0, 0.1) is 11.8 Å². The van der Waals surface area contributed by atoms with Gasteiger partial charge in [-0.1, -0.05) is 29.3 Å². The molecule has 2 aliphatic carbocycles. The Bertz CT molecular complexity index is 1330. The van der Waals surface area contributed by atoms with Crippen molar-refractivity contribution in [3.05, 3.63) is 99.6 Å². The van der Waals surface area contributed by atoms with Gasteiger partial charge in [0.2, 0.25) is 0 Å². The number of aromatic nitrogens is 1. The van der Waals surface area contributed by atoms with E-state index in [0.29, 0.717) is 29.0 Å². The second-order valence-corrected chi connectivity index (χ2v) is 9.26. The minimum Gasteiger partial charge on any atom is -0.364 e. The van der Waals surface area contributed by atoms with Gasteiger partial charge in [0.15, 0.2) is 0 Å². The molecule has 0 aromatic carbocycles. The molecule has 9 heteroatoms. The van der Waals surface area contributed by atoms with E-state index in [0.717, 1.165) is 29.1 Å². The van der Waals surface area contributed by atoms with Crippen LogP contribution >= 0.6 is 11.6 Å². The molecule has 2 unspecified atom stereocenters. The van der Waals surface area contributed by atoms with E-state index in [1.807, 2.05) is 18.2 Å². The SMILES string of the molecule is NC(=O)C1=NC2=CC=C(Cc3cc(C(=O)NCC4=C(F)C=C5NC=C(Cl)C5C4)ccn3)CC2C=C1. The van der Waals surface area contributed by atoms with Gasteiger partial charge in [0.1, 0.15) is 11.5 Å². The Morgan fingerprint density at radius 2 is 2.14 bits per heavy atom. The minimum absolute atomic E-state index is 0.0798. The Morgan fingerprint density at radius 3 is 2.97 bits per heavy atom. The van der Waals surface area contributed by atoms with Crippen LogP contribution in [0.3, 0.4) is 0 Å². The number of aliphatic imine (C=N–C) groups is 1. The first-order chi connectivity index (χ1) is 16.9. The predicted molar refractivity (Wildman–Crippen MR) is 132 cm³/mol. The molecule has 1 aromatic rings. The number of carbonyl (C=O) groups is 2. The molecule has 0 radical (unpaired) electrons. The van der Waals surface area contributed by atoms with Crippen molar-refractivity contribution < 1.29 is 14.0 Å². The van der Waals surface area contributed by atoms with Gasteiger partial charge in [-0.05, 0) is 48.8 Å². The molecule has 0 spiro atoms. The van der Waals surface area contributed by atoms with E-state index >= 15 is 0 Å². The van der Waals surface area contributed by atoms with Gasteiger partial charge in [0.05, 0.1) is 0 Å². The first-order valence-corrected chi connectivity index (χ1v) is 11.7. The van der Waals surface area contributed by atoms with Crippen LogP contribution in [0.2, 0.25) is 0 Å². The first kappa shape index (κ1) is 23.0. The van der Waals surface area contributed by atoms with Gasteiger partial charge in [-0.25, -0.2) is 9.38 Å². The molecule has 3 heterocycles. The van der Waals surface area contributed by atoms with E-state index in [-0.39, 0.29) is 35.8 Å². The Morgan fingerprint density at radius 1 is 1.29 bits per heavy atom. The van der Waals surface area contributed by atoms with E-state index < -0.39 is 5.91 Å². The maximum Gasteiger partial charge on any atom is 0.267 e. The van der Waals surface area contributed by atoms with Crippen LogP contribution in [0.25, 0.3) is 0 Å². The molecule has 7 nitrogen and oxygen atoms in total. The summed E-state index contributed by atoms with van der Waals surface area (Å²) in [5.41, 5.74) is 9.98. The fraction of sp³-hybridized carbons (Fsp3) is 0.231. The maximum atomic E-state index is 14.5. The fourth-order valence-electron chi connectivity index (χ4n) is 4.55. The Hall–Kier alpha value is -3.78. The number of allylic oxidation sites excluding steroid dienone is 7. The average Bonchev–Trinajstić information content (AvgIpc) is 3.21. The number of nitrogens with one attached hydrogen (secondary N) is 2. The van der Waals surface area contributed by atoms with Crippen molar-refractivity contribution >= 4 is 29.1 Å². The summed E-state index contributed by atoms with van der Waals surface area (Å²) >= 11 is 6.19. The smallest absolute Gasteiger partial charge is 0.267 e. The molecular weight excluding hydrogens is 469 g/mol. The summed E-state index contributed by atoms with van der Waals surface area (Å²) in [6, 6.07) is 3.39. The van der Waals surface area contributed by atoms with Crippen LogP contribution in [-0.4, -0.2) is 29.1 Å². The third-order valence-electron chi connectivity index (χ3n) is 6.45. The summed E-state index contributed by atoms with van der Waals surface area (Å²) in [4.78, 5) is 32.9. The van der Waals surface area contributed by atoms with Crippen LogP contribution in [0.4, 0.5) is 4.39 Å². The lowest BCUT2D eigenvalue weighted by Crippen LogP contribution is -2.28. The third-order valence-corrected chi connectivity index (χ3v) is 6.82. The van der Waals surface area contributed by atoms with Crippen LogP contribution in [0.5, 0.6) is 0 Å². The molecule has 1 aromatic heterocycles. The van der Waals surface area contributed by atoms with Crippen molar-refractivity contribution in [2.75, 3.05) is 6.54 Å². The number of dihydropyridines is 1. The zero-order valence-corrected chi connectivity index (χ0v) is 19.5. The Labute approximate surface area is 206 Å². The van der Waals surface area contributed by atoms with Crippen molar-refractivity contribution in [2.45, 2.75) is 19.3 Å². The quantitative estimate of drug-likeness (QED) is 0.565. The van der Waals surface area contributed by atoms with Gasteiger partial charge < -0.3 is 16.4 Å². The van der Waals surface area contributed by atoms with E-state index in [4.69, 9.17) is 17.3 Å². The lowest BCUT2D eigenvalue weighted by Gasteiger charge is -2.23. The number of primary amides is 1. The molecule has 5 rings (SSSR count). The van der Waals surface area contributed by atoms with E-state index in [1.54, 1.807) is 30.6 Å². The molecule has 4 aliphatic rings. The summed E-state index contributed by atoms with van der Waals surface area (Å²) < 4.78 is 14.5. The standard InChI is InChI=1S/C26H23ClFN5O2/c27-20-13-31-24-11-21(28)17(10-19(20)24)12-32-26(35)16-5-6-30-18(9-16)8-14-1-3-22-15(7-14)2-4-23(33-22)25(29)34/h1-6,9,11,13,15,19,31H,7-8,10,12H2,(H2,29,34)(H,32,35). The number of amides is 2. The molecule has 2 aliphatic heterocycles. The second kappa shape index (κ2) is 9.46. The molecule has 35 heavy (non-hydrogen) atoms. The van der Waals surface area contributed by atoms with Gasteiger partial charge >= 0.3 is 0 Å². The highest BCUT2D eigenvalue weighted by Gasteiger charge is 2.29. The normalized spacial score (nSPS) is 22.6. The molecule has 178 valence electrons. The summed E-state index contributed by atoms with van der Waals surface area (Å²) in [5, 5.41) is 6.42. The minimum atomic E-state index is -0.547. The van der Waals surface area contributed by atoms with E-state index in [2.05, 4.69) is 20.6 Å². The van der Waals surface area contributed by atoms with Crippen molar-refractivity contribution in [2.24, 2.45) is 22.6 Å². The number of pyridine rings is 1. The van der Waals surface area contributed by atoms with Gasteiger partial charge in [0.25, 0.3) is 11.8 Å². The van der Waals surface area contributed by atoms with Crippen LogP contribution < -0.4 is 16.4 Å². The molecular formula is C26H23ClFN5O2. The second-order valence-electron chi connectivity index (χ2n) is 8.82. The summed E-state index contributed by atoms with van der Waals surface area (Å²) in [6.07, 6.45) is 13.9. The van der Waals surface area contributed by atoms with Gasteiger partial charge in [-0.2, -0.15) is 0 Å². The summed E-state index contributed by atoms with van der Waals surface area (Å²) in [7, 11) is 0. The number of halogens is 2. The molecule has 2 amide bonds. The van der Waals surface area contributed by atoms with E-state index in [9.17, 15) is 14.0 Å². The fourth-order valence-corrected chi connectivity index (χ4v) is 4.80. The zero-order chi connectivity index (χ0) is 24.5. The predicted octanol–water partition coefficient (Wildman–Crippen LogP) is 3.49. The lowest BCUT2D eigenvalue weighted by atomic mass is 9.87. The molecule has 0 fully saturated rings. The number of carbonyl (C=O) groups excluding carboxylic acids is 2. The molecule has 0 saturated heterocycles. The van der Waals surface area contributed by atoms with E-state index in [1.165, 1.54) is 6.08 Å². The zero-order valence-electron chi connectivity index (χ0n) is 18.7. The molecule has 2 atom stereocenters.